The minimum Gasteiger partial charge on any atom is -0.325 e. The molecule has 2 fully saturated rings. The minimum absolute atomic E-state index is 0.0537. The van der Waals surface area contributed by atoms with Crippen molar-refractivity contribution in [1.82, 2.24) is 9.91 Å². The van der Waals surface area contributed by atoms with Crippen LogP contribution in [0.5, 0.6) is 0 Å². The quantitative estimate of drug-likeness (QED) is 0.534. The van der Waals surface area contributed by atoms with E-state index in [1.807, 2.05) is 48.5 Å². The molecule has 3 atom stereocenters. The molecule has 0 saturated carbocycles. The van der Waals surface area contributed by atoms with Gasteiger partial charge in [0.15, 0.2) is 0 Å². The summed E-state index contributed by atoms with van der Waals surface area (Å²) in [5.41, 5.74) is 2.74. The van der Waals surface area contributed by atoms with E-state index in [1.54, 1.807) is 30.5 Å². The first kappa shape index (κ1) is 21.4. The molecule has 2 saturated heterocycles. The summed E-state index contributed by atoms with van der Waals surface area (Å²) in [6.45, 7) is 0.423. The Labute approximate surface area is 206 Å². The highest BCUT2D eigenvalue weighted by Crippen LogP contribution is 2.52. The Morgan fingerprint density at radius 2 is 1.62 bits per heavy atom. The highest BCUT2D eigenvalue weighted by atomic mass is 35.5. The molecule has 6 nitrogen and oxygen atoms in total. The molecule has 1 spiro atoms. The van der Waals surface area contributed by atoms with Gasteiger partial charge in [0.05, 0.1) is 17.7 Å². The third-order valence-corrected chi connectivity index (χ3v) is 7.45. The predicted octanol–water partition coefficient (Wildman–Crippen LogP) is 4.83. The molecule has 0 unspecified atom stereocenters. The molecule has 0 aromatic heterocycles. The van der Waals surface area contributed by atoms with Gasteiger partial charge in [-0.15, -0.1) is 0 Å². The first-order valence-electron chi connectivity index (χ1n) is 11.0. The zero-order valence-electron chi connectivity index (χ0n) is 18.0. The van der Waals surface area contributed by atoms with Gasteiger partial charge in [0.25, 0.3) is 5.91 Å². The van der Waals surface area contributed by atoms with Crippen molar-refractivity contribution in [3.63, 3.8) is 0 Å². The summed E-state index contributed by atoms with van der Waals surface area (Å²) in [6, 6.07) is 21.9. The number of benzene rings is 3. The molecule has 3 aliphatic rings. The molecular formula is C26H20Cl2N4O2. The number of hydrogen-bond donors (Lipinski definition) is 1. The number of fused-ring (bicyclic) bond motifs is 3. The van der Waals surface area contributed by atoms with Crippen LogP contribution in [0.4, 0.5) is 5.69 Å². The number of amides is 2. The predicted molar refractivity (Wildman–Crippen MR) is 132 cm³/mol. The molecule has 3 aromatic rings. The summed E-state index contributed by atoms with van der Waals surface area (Å²) in [6.07, 6.45) is 1.62. The largest absolute Gasteiger partial charge is 0.325 e. The number of hydrogen-bond acceptors (Lipinski definition) is 4. The van der Waals surface area contributed by atoms with Gasteiger partial charge in [-0.25, -0.2) is 5.01 Å². The van der Waals surface area contributed by atoms with Gasteiger partial charge in [-0.1, -0.05) is 65.7 Å². The third kappa shape index (κ3) is 3.25. The number of nitrogens with one attached hydrogen (secondary N) is 1. The van der Waals surface area contributed by atoms with Crippen LogP contribution < -0.4 is 5.32 Å². The van der Waals surface area contributed by atoms with Crippen molar-refractivity contribution in [2.75, 3.05) is 11.9 Å². The monoisotopic (exact) mass is 490 g/mol. The summed E-state index contributed by atoms with van der Waals surface area (Å²) in [5, 5.41) is 10.4. The van der Waals surface area contributed by atoms with Crippen LogP contribution in [0, 0.1) is 0 Å². The van der Waals surface area contributed by atoms with Crippen LogP contribution in [-0.2, 0) is 15.0 Å². The second kappa shape index (κ2) is 7.94. The van der Waals surface area contributed by atoms with Gasteiger partial charge < -0.3 is 5.32 Å². The lowest BCUT2D eigenvalue weighted by molar-refractivity contribution is -0.130. The fourth-order valence-electron chi connectivity index (χ4n) is 5.33. The van der Waals surface area contributed by atoms with Crippen LogP contribution in [0.1, 0.15) is 29.3 Å². The summed E-state index contributed by atoms with van der Waals surface area (Å²) >= 11 is 12.1. The topological polar surface area (TPSA) is 65.0 Å². The number of halogens is 2. The van der Waals surface area contributed by atoms with Crippen LogP contribution in [-0.4, -0.2) is 40.5 Å². The average Bonchev–Trinajstić information content (AvgIpc) is 3.44. The lowest BCUT2D eigenvalue weighted by Crippen LogP contribution is -2.40. The number of para-hydroxylation sites is 1. The summed E-state index contributed by atoms with van der Waals surface area (Å²) in [5.74, 6) is -0.179. The van der Waals surface area contributed by atoms with E-state index >= 15 is 0 Å². The molecule has 0 bridgehead atoms. The molecule has 34 heavy (non-hydrogen) atoms. The number of nitrogens with zero attached hydrogens (tertiary/aromatic N) is 3. The molecule has 0 aliphatic carbocycles. The summed E-state index contributed by atoms with van der Waals surface area (Å²) < 4.78 is 0. The van der Waals surface area contributed by atoms with Gasteiger partial charge in [0, 0.05) is 22.3 Å². The summed E-state index contributed by atoms with van der Waals surface area (Å²) in [7, 11) is 0. The normalized spacial score (nSPS) is 25.9. The first-order valence-corrected chi connectivity index (χ1v) is 11.8. The molecule has 0 radical (unpaired) electrons. The molecule has 3 aliphatic heterocycles. The summed E-state index contributed by atoms with van der Waals surface area (Å²) in [4.78, 5) is 28.9. The molecule has 3 heterocycles. The minimum atomic E-state index is -0.756. The fraction of sp³-hybridized carbons (Fsp3) is 0.192. The molecule has 6 rings (SSSR count). The SMILES string of the molecule is O=C1[C@@H]2C[C@]3(CN2[C@@H](c2ccc(Cl)cc2)N1/N=C/c1ccc(Cl)cc1)C(=O)Nc1ccccc13. The standard InChI is InChI=1S/C26H20Cl2N4O2/c27-18-9-5-16(6-10-18)14-29-32-23(17-7-11-19(28)12-8-17)31-15-26(13-22(31)24(32)33)20-3-1-2-4-21(20)30-25(26)34/h1-12,14,22-23H,13,15H2,(H,30,34)/b29-14+/t22-,23+,26+/m0/s1. The van der Waals surface area contributed by atoms with Crippen LogP contribution >= 0.6 is 23.2 Å². The van der Waals surface area contributed by atoms with Crippen molar-refractivity contribution in [3.05, 3.63) is 99.5 Å². The molecule has 3 aromatic carbocycles. The first-order chi connectivity index (χ1) is 16.5. The zero-order valence-corrected chi connectivity index (χ0v) is 19.5. The van der Waals surface area contributed by atoms with Gasteiger partial charge in [-0.3, -0.25) is 14.5 Å². The fourth-order valence-corrected chi connectivity index (χ4v) is 5.58. The van der Waals surface area contributed by atoms with Crippen molar-refractivity contribution in [1.29, 1.82) is 0 Å². The van der Waals surface area contributed by atoms with Crippen molar-refractivity contribution in [2.45, 2.75) is 24.0 Å². The van der Waals surface area contributed by atoms with E-state index in [4.69, 9.17) is 23.2 Å². The highest BCUT2D eigenvalue weighted by Gasteiger charge is 2.62. The number of carbonyl (C=O) groups excluding carboxylic acids is 2. The molecule has 170 valence electrons. The number of hydrazone groups is 1. The maximum atomic E-state index is 13.7. The van der Waals surface area contributed by atoms with E-state index in [1.165, 1.54) is 5.01 Å². The Morgan fingerprint density at radius 3 is 2.35 bits per heavy atom. The van der Waals surface area contributed by atoms with Crippen molar-refractivity contribution >= 4 is 46.9 Å². The Bertz CT molecular complexity index is 1330. The van der Waals surface area contributed by atoms with Crippen LogP contribution in [0.25, 0.3) is 0 Å². The van der Waals surface area contributed by atoms with E-state index in [0.29, 0.717) is 23.0 Å². The number of carbonyl (C=O) groups is 2. The van der Waals surface area contributed by atoms with Gasteiger partial charge >= 0.3 is 0 Å². The van der Waals surface area contributed by atoms with Gasteiger partial charge in [-0.05, 0) is 53.4 Å². The van der Waals surface area contributed by atoms with Crippen LogP contribution in [0.15, 0.2) is 77.9 Å². The van der Waals surface area contributed by atoms with Crippen LogP contribution in [0.3, 0.4) is 0 Å². The highest BCUT2D eigenvalue weighted by molar-refractivity contribution is 6.30. The Morgan fingerprint density at radius 1 is 0.941 bits per heavy atom. The second-order valence-corrected chi connectivity index (χ2v) is 9.75. The maximum absolute atomic E-state index is 13.7. The van der Waals surface area contributed by atoms with E-state index in [-0.39, 0.29) is 11.8 Å². The van der Waals surface area contributed by atoms with Crippen molar-refractivity contribution in [2.24, 2.45) is 5.10 Å². The maximum Gasteiger partial charge on any atom is 0.261 e. The zero-order chi connectivity index (χ0) is 23.4. The van der Waals surface area contributed by atoms with E-state index in [2.05, 4.69) is 15.3 Å². The molecule has 8 heteroatoms. The Kier molecular flexibility index (Phi) is 4.99. The van der Waals surface area contributed by atoms with E-state index in [9.17, 15) is 9.59 Å². The smallest absolute Gasteiger partial charge is 0.261 e. The lowest BCUT2D eigenvalue weighted by atomic mass is 9.79. The molecule has 1 N–H and O–H groups in total. The molecular weight excluding hydrogens is 471 g/mol. The van der Waals surface area contributed by atoms with Crippen molar-refractivity contribution < 1.29 is 9.59 Å². The third-order valence-electron chi connectivity index (χ3n) is 6.95. The Hall–Kier alpha value is -3.19. The van der Waals surface area contributed by atoms with E-state index in [0.717, 1.165) is 22.4 Å². The van der Waals surface area contributed by atoms with Crippen LogP contribution in [0.2, 0.25) is 10.0 Å². The van der Waals surface area contributed by atoms with Crippen molar-refractivity contribution in [3.8, 4) is 0 Å². The lowest BCUT2D eigenvalue weighted by Gasteiger charge is -2.29. The number of rotatable bonds is 3. The van der Waals surface area contributed by atoms with Gasteiger partial charge in [0.2, 0.25) is 5.91 Å². The second-order valence-electron chi connectivity index (χ2n) is 8.88. The Balaban J connectivity index is 1.39. The van der Waals surface area contributed by atoms with Gasteiger partial charge in [-0.2, -0.15) is 5.10 Å². The van der Waals surface area contributed by atoms with E-state index < -0.39 is 17.6 Å². The number of anilines is 1. The van der Waals surface area contributed by atoms with Gasteiger partial charge in [0.1, 0.15) is 6.17 Å². The average molecular weight is 491 g/mol. The molecule has 2 amide bonds.